The molecule has 0 spiro atoms. The summed E-state index contributed by atoms with van der Waals surface area (Å²) >= 11 is 0. The van der Waals surface area contributed by atoms with Gasteiger partial charge < -0.3 is 10.4 Å². The third-order valence-corrected chi connectivity index (χ3v) is 2.46. The molecule has 0 aliphatic rings. The minimum absolute atomic E-state index is 0.182. The Kier molecular flexibility index (Phi) is 3.57. The fraction of sp³-hybridized carbons (Fsp3) is 0.250. The van der Waals surface area contributed by atoms with Crippen LogP contribution in [0.15, 0.2) is 30.6 Å². The van der Waals surface area contributed by atoms with Gasteiger partial charge in [-0.2, -0.15) is 5.10 Å². The van der Waals surface area contributed by atoms with Crippen LogP contribution in [0.1, 0.15) is 16.1 Å². The zero-order chi connectivity index (χ0) is 13.0. The van der Waals surface area contributed by atoms with Crippen LogP contribution in [0.4, 0.5) is 5.82 Å². The average Bonchev–Trinajstić information content (AvgIpc) is 2.82. The minimum atomic E-state index is -0.982. The molecule has 2 rings (SSSR count). The molecule has 6 heteroatoms. The fourth-order valence-electron chi connectivity index (χ4n) is 1.59. The Hall–Kier alpha value is -2.37. The molecule has 0 bridgehead atoms. The molecule has 0 radical (unpaired) electrons. The van der Waals surface area contributed by atoms with Crippen LogP contribution in [0.25, 0.3) is 0 Å². The van der Waals surface area contributed by atoms with Crippen molar-refractivity contribution < 1.29 is 9.90 Å². The summed E-state index contributed by atoms with van der Waals surface area (Å²) in [4.78, 5) is 15.2. The van der Waals surface area contributed by atoms with Gasteiger partial charge in [0.15, 0.2) is 0 Å². The number of nitrogens with one attached hydrogen (secondary N) is 1. The summed E-state index contributed by atoms with van der Waals surface area (Å²) in [6, 6.07) is 5.08. The number of rotatable bonds is 5. The van der Waals surface area contributed by atoms with Gasteiger partial charge in [0.2, 0.25) is 0 Å². The summed E-state index contributed by atoms with van der Waals surface area (Å²) in [6.45, 7) is 3.05. The third-order valence-electron chi connectivity index (χ3n) is 2.46. The Labute approximate surface area is 104 Å². The van der Waals surface area contributed by atoms with Gasteiger partial charge in [-0.25, -0.2) is 9.78 Å². The van der Waals surface area contributed by atoms with Gasteiger partial charge in [0.05, 0.1) is 6.54 Å². The first-order valence-corrected chi connectivity index (χ1v) is 5.59. The van der Waals surface area contributed by atoms with E-state index in [0.717, 1.165) is 5.69 Å². The summed E-state index contributed by atoms with van der Waals surface area (Å²) in [5.41, 5.74) is 0.961. The monoisotopic (exact) mass is 246 g/mol. The lowest BCUT2D eigenvalue weighted by atomic mass is 10.2. The number of carboxylic acid groups (broad SMARTS) is 1. The summed E-state index contributed by atoms with van der Waals surface area (Å²) in [5.74, 6) is -0.584. The zero-order valence-corrected chi connectivity index (χ0v) is 10.00. The molecule has 2 heterocycles. The van der Waals surface area contributed by atoms with E-state index in [1.165, 1.54) is 0 Å². The van der Waals surface area contributed by atoms with Crippen LogP contribution in [0.5, 0.6) is 0 Å². The predicted molar refractivity (Wildman–Crippen MR) is 66.7 cm³/mol. The van der Waals surface area contributed by atoms with Crippen molar-refractivity contribution in [1.29, 1.82) is 0 Å². The van der Waals surface area contributed by atoms with Gasteiger partial charge in [-0.05, 0) is 25.1 Å². The quantitative estimate of drug-likeness (QED) is 0.833. The lowest BCUT2D eigenvalue weighted by Gasteiger charge is -2.09. The highest BCUT2D eigenvalue weighted by Gasteiger charge is 2.10. The Morgan fingerprint density at radius 3 is 3.00 bits per heavy atom. The van der Waals surface area contributed by atoms with Crippen LogP contribution in [0.3, 0.4) is 0 Å². The lowest BCUT2D eigenvalue weighted by molar-refractivity contribution is 0.0697. The SMILES string of the molecule is Cc1ccc(C(=O)O)c(NCCn2cccn2)n1. The van der Waals surface area contributed by atoms with E-state index in [2.05, 4.69) is 15.4 Å². The molecule has 0 atom stereocenters. The standard InChI is InChI=1S/C12H14N4O2/c1-9-3-4-10(12(17)18)11(15-9)13-6-8-16-7-2-5-14-16/h2-5,7H,6,8H2,1H3,(H,13,15)(H,17,18). The van der Waals surface area contributed by atoms with Crippen molar-refractivity contribution in [2.24, 2.45) is 0 Å². The lowest BCUT2D eigenvalue weighted by Crippen LogP contribution is -2.14. The summed E-state index contributed by atoms with van der Waals surface area (Å²) in [6.07, 6.45) is 3.55. The molecule has 94 valence electrons. The number of aryl methyl sites for hydroxylation is 1. The number of hydrogen-bond acceptors (Lipinski definition) is 4. The van der Waals surface area contributed by atoms with Crippen LogP contribution >= 0.6 is 0 Å². The van der Waals surface area contributed by atoms with E-state index in [1.54, 1.807) is 23.0 Å². The van der Waals surface area contributed by atoms with E-state index in [9.17, 15) is 4.79 Å². The summed E-state index contributed by atoms with van der Waals surface area (Å²) < 4.78 is 1.77. The molecule has 0 saturated carbocycles. The molecule has 6 nitrogen and oxygen atoms in total. The first-order valence-electron chi connectivity index (χ1n) is 5.59. The van der Waals surface area contributed by atoms with Crippen LogP contribution in [0.2, 0.25) is 0 Å². The normalized spacial score (nSPS) is 10.3. The largest absolute Gasteiger partial charge is 0.478 e. The zero-order valence-electron chi connectivity index (χ0n) is 10.00. The van der Waals surface area contributed by atoms with Crippen molar-refractivity contribution in [3.63, 3.8) is 0 Å². The van der Waals surface area contributed by atoms with Crippen LogP contribution < -0.4 is 5.32 Å². The van der Waals surface area contributed by atoms with Gasteiger partial charge in [-0.1, -0.05) is 0 Å². The van der Waals surface area contributed by atoms with E-state index in [1.807, 2.05) is 19.2 Å². The second-order valence-electron chi connectivity index (χ2n) is 3.85. The number of carbonyl (C=O) groups is 1. The first kappa shape index (κ1) is 12.1. The van der Waals surface area contributed by atoms with Gasteiger partial charge in [-0.3, -0.25) is 4.68 Å². The molecule has 0 fully saturated rings. The van der Waals surface area contributed by atoms with Gasteiger partial charge in [0, 0.05) is 24.6 Å². The van der Waals surface area contributed by atoms with Crippen molar-refractivity contribution in [2.75, 3.05) is 11.9 Å². The number of pyridine rings is 1. The molecule has 18 heavy (non-hydrogen) atoms. The molecule has 2 N–H and O–H groups in total. The van der Waals surface area contributed by atoms with E-state index in [-0.39, 0.29) is 5.56 Å². The molecule has 0 aliphatic carbocycles. The molecular weight excluding hydrogens is 232 g/mol. The average molecular weight is 246 g/mol. The molecule has 2 aromatic rings. The van der Waals surface area contributed by atoms with Crippen molar-refractivity contribution in [3.05, 3.63) is 41.9 Å². The highest BCUT2D eigenvalue weighted by atomic mass is 16.4. The van der Waals surface area contributed by atoms with Crippen LogP contribution in [0, 0.1) is 6.92 Å². The van der Waals surface area contributed by atoms with Crippen molar-refractivity contribution >= 4 is 11.8 Å². The molecule has 0 amide bonds. The summed E-state index contributed by atoms with van der Waals surface area (Å²) in [5, 5.41) is 16.1. The maximum atomic E-state index is 11.0. The first-order chi connectivity index (χ1) is 8.66. The number of carboxylic acids is 1. The van der Waals surface area contributed by atoms with Crippen molar-refractivity contribution in [2.45, 2.75) is 13.5 Å². The highest BCUT2D eigenvalue weighted by Crippen LogP contribution is 2.13. The van der Waals surface area contributed by atoms with Crippen molar-refractivity contribution in [1.82, 2.24) is 14.8 Å². The Morgan fingerprint density at radius 1 is 1.50 bits per heavy atom. The smallest absolute Gasteiger partial charge is 0.339 e. The number of aromatic carboxylic acids is 1. The van der Waals surface area contributed by atoms with Gasteiger partial charge >= 0.3 is 5.97 Å². The summed E-state index contributed by atoms with van der Waals surface area (Å²) in [7, 11) is 0. The molecule has 0 aliphatic heterocycles. The number of aromatic nitrogens is 3. The molecule has 0 saturated heterocycles. The number of anilines is 1. The molecule has 2 aromatic heterocycles. The van der Waals surface area contributed by atoms with E-state index in [4.69, 9.17) is 5.11 Å². The van der Waals surface area contributed by atoms with Crippen LogP contribution in [-0.4, -0.2) is 32.4 Å². The predicted octanol–water partition coefficient (Wildman–Crippen LogP) is 1.40. The second-order valence-corrected chi connectivity index (χ2v) is 3.85. The Bertz CT molecular complexity index is 537. The Morgan fingerprint density at radius 2 is 2.33 bits per heavy atom. The van der Waals surface area contributed by atoms with E-state index >= 15 is 0 Å². The van der Waals surface area contributed by atoms with Crippen molar-refractivity contribution in [3.8, 4) is 0 Å². The topological polar surface area (TPSA) is 80.0 Å². The third kappa shape index (κ3) is 2.85. The van der Waals surface area contributed by atoms with Gasteiger partial charge in [0.1, 0.15) is 11.4 Å². The molecular formula is C12H14N4O2. The number of hydrogen-bond donors (Lipinski definition) is 2. The van der Waals surface area contributed by atoms with E-state index in [0.29, 0.717) is 18.9 Å². The maximum Gasteiger partial charge on any atom is 0.339 e. The maximum absolute atomic E-state index is 11.0. The van der Waals surface area contributed by atoms with Gasteiger partial charge in [0.25, 0.3) is 0 Å². The molecule has 0 aromatic carbocycles. The molecule has 0 unspecified atom stereocenters. The van der Waals surface area contributed by atoms with Crippen LogP contribution in [-0.2, 0) is 6.54 Å². The van der Waals surface area contributed by atoms with Gasteiger partial charge in [-0.15, -0.1) is 0 Å². The number of nitrogens with zero attached hydrogens (tertiary/aromatic N) is 3. The highest BCUT2D eigenvalue weighted by molar-refractivity contribution is 5.93. The second kappa shape index (κ2) is 5.31. The Balaban J connectivity index is 2.03. The minimum Gasteiger partial charge on any atom is -0.478 e. The van der Waals surface area contributed by atoms with E-state index < -0.39 is 5.97 Å². The fourth-order valence-corrected chi connectivity index (χ4v) is 1.59.